The van der Waals surface area contributed by atoms with Gasteiger partial charge in [0, 0.05) is 17.7 Å². The minimum Gasteiger partial charge on any atom is -0.328 e. The lowest BCUT2D eigenvalue weighted by atomic mass is 9.52. The molecule has 8 heteroatoms. The number of halogens is 6. The fourth-order valence-corrected chi connectivity index (χ4v) is 7.10. The van der Waals surface area contributed by atoms with Gasteiger partial charge < -0.3 is 9.80 Å². The Kier molecular flexibility index (Phi) is 4.60. The number of rotatable bonds is 1. The molecular weight excluding hydrogens is 490 g/mol. The lowest BCUT2D eigenvalue weighted by molar-refractivity contribution is -0.359. The molecule has 2 aromatic carbocycles. The van der Waals surface area contributed by atoms with Gasteiger partial charge in [0.2, 0.25) is 0 Å². The molecule has 0 spiro atoms. The number of alkyl halides is 6. The van der Waals surface area contributed by atoms with Crippen LogP contribution in [0.4, 0.5) is 26.3 Å². The van der Waals surface area contributed by atoms with E-state index >= 15 is 26.3 Å². The first kappa shape index (κ1) is 23.9. The molecular formula is C29H24F6N2. The van der Waals surface area contributed by atoms with Crippen LogP contribution < -0.4 is 10.4 Å². The van der Waals surface area contributed by atoms with Crippen molar-refractivity contribution in [3.05, 3.63) is 99.6 Å². The number of allylic oxidation sites excluding steroid dienone is 3. The van der Waals surface area contributed by atoms with E-state index < -0.39 is 34.8 Å². The number of aryl methyl sites for hydroxylation is 1. The Bertz CT molecular complexity index is 1540. The van der Waals surface area contributed by atoms with Gasteiger partial charge in [0.15, 0.2) is 5.41 Å². The average molecular weight is 515 g/mol. The van der Waals surface area contributed by atoms with Crippen LogP contribution in [0.25, 0.3) is 17.1 Å². The van der Waals surface area contributed by atoms with E-state index in [0.29, 0.717) is 27.9 Å². The van der Waals surface area contributed by atoms with E-state index in [1.165, 1.54) is 6.08 Å². The molecule has 4 aliphatic rings. The summed E-state index contributed by atoms with van der Waals surface area (Å²) in [4.78, 5) is 3.51. The molecule has 3 heterocycles. The second kappa shape index (κ2) is 7.11. The highest BCUT2D eigenvalue weighted by molar-refractivity contribution is 5.87. The molecule has 0 amide bonds. The zero-order valence-corrected chi connectivity index (χ0v) is 20.6. The third-order valence-electron chi connectivity index (χ3n) is 8.41. The molecule has 2 nitrogen and oxygen atoms in total. The number of piperidine rings is 1. The van der Waals surface area contributed by atoms with Crippen LogP contribution in [0.2, 0.25) is 0 Å². The van der Waals surface area contributed by atoms with Crippen molar-refractivity contribution in [3.63, 3.8) is 0 Å². The first-order valence-electron chi connectivity index (χ1n) is 12.0. The Morgan fingerprint density at radius 1 is 0.865 bits per heavy atom. The Balaban J connectivity index is 1.88. The molecule has 1 aliphatic carbocycles. The zero-order chi connectivity index (χ0) is 26.7. The summed E-state index contributed by atoms with van der Waals surface area (Å²) in [6.07, 6.45) is -7.20. The predicted molar refractivity (Wildman–Crippen MR) is 130 cm³/mol. The van der Waals surface area contributed by atoms with E-state index in [2.05, 4.69) is 0 Å². The zero-order valence-electron chi connectivity index (χ0n) is 20.6. The number of benzene rings is 2. The highest BCUT2D eigenvalue weighted by Gasteiger charge is 2.83. The summed E-state index contributed by atoms with van der Waals surface area (Å²) < 4.78 is 91.1. The Hall–Kier alpha value is -3.42. The Morgan fingerprint density at radius 2 is 1.51 bits per heavy atom. The van der Waals surface area contributed by atoms with E-state index in [-0.39, 0.29) is 5.70 Å². The maximum atomic E-state index is 15.2. The fraction of sp³-hybridized carbons (Fsp3) is 0.310. The van der Waals surface area contributed by atoms with Gasteiger partial charge in [-0.2, -0.15) is 26.3 Å². The first-order valence-corrected chi connectivity index (χ1v) is 12.0. The summed E-state index contributed by atoms with van der Waals surface area (Å²) in [5.41, 5.74) is -4.92. The molecule has 192 valence electrons. The van der Waals surface area contributed by atoms with Crippen LogP contribution in [-0.2, 0) is 0 Å². The van der Waals surface area contributed by atoms with Gasteiger partial charge in [-0.15, -0.1) is 0 Å². The molecule has 1 fully saturated rings. The van der Waals surface area contributed by atoms with Gasteiger partial charge in [-0.3, -0.25) is 0 Å². The first-order chi connectivity index (χ1) is 17.3. The molecule has 1 unspecified atom stereocenters. The minimum atomic E-state index is -5.61. The molecule has 1 saturated heterocycles. The average Bonchev–Trinajstić information content (AvgIpc) is 3.12. The summed E-state index contributed by atoms with van der Waals surface area (Å²) in [6, 6.07) is 12.9. The summed E-state index contributed by atoms with van der Waals surface area (Å²) >= 11 is 0. The molecule has 0 N–H and O–H groups in total. The molecule has 0 radical (unpaired) electrons. The molecule has 6 rings (SSSR count). The van der Waals surface area contributed by atoms with Crippen molar-refractivity contribution in [1.29, 1.82) is 0 Å². The van der Waals surface area contributed by atoms with Gasteiger partial charge in [0.1, 0.15) is 5.82 Å². The van der Waals surface area contributed by atoms with Crippen molar-refractivity contribution >= 4 is 17.1 Å². The number of fused-ring (bicyclic) bond motifs is 1. The van der Waals surface area contributed by atoms with Crippen molar-refractivity contribution in [3.8, 4) is 0 Å². The quantitative estimate of drug-likeness (QED) is 0.440. The topological polar surface area (TPSA) is 6.48 Å². The van der Waals surface area contributed by atoms with Gasteiger partial charge in [0.05, 0.1) is 17.4 Å². The molecule has 3 aliphatic heterocycles. The molecule has 0 aromatic heterocycles. The fourth-order valence-electron chi connectivity index (χ4n) is 7.10. The van der Waals surface area contributed by atoms with Crippen molar-refractivity contribution in [2.75, 3.05) is 7.05 Å². The van der Waals surface area contributed by atoms with Crippen LogP contribution in [0.1, 0.15) is 25.0 Å². The van der Waals surface area contributed by atoms with Gasteiger partial charge in [0.25, 0.3) is 0 Å². The third-order valence-corrected chi connectivity index (χ3v) is 8.41. The Labute approximate surface area is 210 Å². The van der Waals surface area contributed by atoms with Crippen LogP contribution in [0.15, 0.2) is 78.0 Å². The lowest BCUT2D eigenvalue weighted by Crippen LogP contribution is -2.69. The predicted octanol–water partition coefficient (Wildman–Crippen LogP) is 5.86. The van der Waals surface area contributed by atoms with Crippen LogP contribution in [0, 0.1) is 17.8 Å². The van der Waals surface area contributed by atoms with E-state index in [0.717, 1.165) is 30.7 Å². The van der Waals surface area contributed by atoms with Gasteiger partial charge in [-0.1, -0.05) is 80.6 Å². The molecule has 37 heavy (non-hydrogen) atoms. The maximum Gasteiger partial charge on any atom is 0.407 e. The van der Waals surface area contributed by atoms with Crippen LogP contribution in [0.3, 0.4) is 0 Å². The van der Waals surface area contributed by atoms with E-state index in [1.807, 2.05) is 13.0 Å². The van der Waals surface area contributed by atoms with Gasteiger partial charge in [-0.25, -0.2) is 0 Å². The van der Waals surface area contributed by atoms with Gasteiger partial charge in [-0.05, 0) is 34.4 Å². The molecule has 1 atom stereocenters. The highest BCUT2D eigenvalue weighted by atomic mass is 19.4. The summed E-state index contributed by atoms with van der Waals surface area (Å²) in [7, 11) is 1.73. The highest BCUT2D eigenvalue weighted by Crippen LogP contribution is 2.73. The van der Waals surface area contributed by atoms with E-state index in [9.17, 15) is 0 Å². The number of nitrogens with zero attached hydrogens (tertiary/aromatic N) is 2. The van der Waals surface area contributed by atoms with Gasteiger partial charge >= 0.3 is 12.4 Å². The second-order valence-electron chi connectivity index (χ2n) is 10.5. The van der Waals surface area contributed by atoms with Crippen molar-refractivity contribution < 1.29 is 26.3 Å². The number of hydrogen-bond acceptors (Lipinski definition) is 2. The monoisotopic (exact) mass is 514 g/mol. The summed E-state index contributed by atoms with van der Waals surface area (Å²) in [5.74, 6) is 0.600. The summed E-state index contributed by atoms with van der Waals surface area (Å²) in [5, 5.41) is 1.46. The standard InChI is InChI=1S/C29H24F6N2/c1-16-10-8-13-18-19-14-9-15-20-23(19)37-24(26(2,3)27(20,28(30,31)32)29(33,34)35)22(17-11-6-5-7-12-17)36(4)25(37)21(16)18/h5-15,23H,1-4H3. The van der Waals surface area contributed by atoms with Crippen LogP contribution >= 0.6 is 0 Å². The maximum absolute atomic E-state index is 15.2. The normalized spacial score (nSPS) is 23.3. The third kappa shape index (κ3) is 2.63. The SMILES string of the molecule is Cc1cccc2c1=C1N(C)C(c3ccccc3)=C3N1C1C(=CC=CC=21)C(C(F)(F)F)(C(F)(F)F)C3(C)C. The molecule has 0 bridgehead atoms. The lowest BCUT2D eigenvalue weighted by Gasteiger charge is -2.60. The largest absolute Gasteiger partial charge is 0.407 e. The minimum absolute atomic E-state index is 0.0229. The molecule has 2 aromatic rings. The van der Waals surface area contributed by atoms with Crippen LogP contribution in [0.5, 0.6) is 0 Å². The smallest absolute Gasteiger partial charge is 0.328 e. The van der Waals surface area contributed by atoms with Crippen molar-refractivity contribution in [2.45, 2.75) is 39.2 Å². The van der Waals surface area contributed by atoms with Crippen LogP contribution in [-0.4, -0.2) is 35.2 Å². The number of hydrogen-bond donors (Lipinski definition) is 0. The molecule has 0 saturated carbocycles. The van der Waals surface area contributed by atoms with E-state index in [1.54, 1.807) is 65.4 Å². The second-order valence-corrected chi connectivity index (χ2v) is 10.5. The summed E-state index contributed by atoms with van der Waals surface area (Å²) in [6.45, 7) is 4.09. The van der Waals surface area contributed by atoms with Crippen molar-refractivity contribution in [1.82, 2.24) is 9.80 Å². The van der Waals surface area contributed by atoms with E-state index in [4.69, 9.17) is 0 Å². The Morgan fingerprint density at radius 3 is 2.14 bits per heavy atom. The van der Waals surface area contributed by atoms with Crippen molar-refractivity contribution in [2.24, 2.45) is 10.8 Å².